The van der Waals surface area contributed by atoms with Crippen LogP contribution in [0.1, 0.15) is 44.2 Å². The first-order valence-corrected chi connectivity index (χ1v) is 13.2. The molecule has 1 fully saturated rings. The van der Waals surface area contributed by atoms with Gasteiger partial charge in [-0.3, -0.25) is 9.80 Å². The number of anilines is 1. The summed E-state index contributed by atoms with van der Waals surface area (Å²) in [6, 6.07) is 19.8. The first-order chi connectivity index (χ1) is 18.1. The number of hydrazine groups is 1. The van der Waals surface area contributed by atoms with Crippen LogP contribution in [0.2, 0.25) is 10.0 Å². The summed E-state index contributed by atoms with van der Waals surface area (Å²) in [5.41, 5.74) is 2.09. The second-order valence-corrected chi connectivity index (χ2v) is 10.5. The van der Waals surface area contributed by atoms with Gasteiger partial charge in [0.25, 0.3) is 0 Å². The van der Waals surface area contributed by atoms with E-state index in [-0.39, 0.29) is 6.54 Å². The molecule has 0 radical (unpaired) electrons. The molecule has 1 aliphatic rings. The second-order valence-electron chi connectivity index (χ2n) is 9.68. The molecule has 0 aromatic heterocycles. The number of nitrogens with one attached hydrogen (secondary N) is 2. The van der Waals surface area contributed by atoms with Crippen molar-refractivity contribution < 1.29 is 19.1 Å². The van der Waals surface area contributed by atoms with Crippen molar-refractivity contribution in [3.63, 3.8) is 0 Å². The highest BCUT2D eigenvalue weighted by atomic mass is 35.5. The zero-order valence-electron chi connectivity index (χ0n) is 21.2. The summed E-state index contributed by atoms with van der Waals surface area (Å²) in [6.45, 7) is 3.78. The van der Waals surface area contributed by atoms with E-state index in [0.29, 0.717) is 34.1 Å². The van der Waals surface area contributed by atoms with E-state index in [9.17, 15) is 19.1 Å². The summed E-state index contributed by atoms with van der Waals surface area (Å²) in [5, 5.41) is 16.0. The maximum Gasteiger partial charge on any atom is 0.331 e. The Morgan fingerprint density at radius 3 is 2.34 bits per heavy atom. The molecule has 3 unspecified atom stereocenters. The third kappa shape index (κ3) is 4.98. The number of hydrogen-bond acceptors (Lipinski definition) is 4. The Kier molecular flexibility index (Phi) is 8.31. The van der Waals surface area contributed by atoms with Crippen LogP contribution in [0.25, 0.3) is 0 Å². The van der Waals surface area contributed by atoms with Gasteiger partial charge in [-0.25, -0.2) is 14.6 Å². The van der Waals surface area contributed by atoms with Crippen molar-refractivity contribution in [2.24, 2.45) is 5.92 Å². The first-order valence-electron chi connectivity index (χ1n) is 12.5. The molecule has 0 aliphatic carbocycles. The van der Waals surface area contributed by atoms with Crippen LogP contribution in [0.5, 0.6) is 0 Å². The van der Waals surface area contributed by atoms with Gasteiger partial charge in [0.05, 0.1) is 15.7 Å². The van der Waals surface area contributed by atoms with Crippen LogP contribution >= 0.6 is 23.2 Å². The van der Waals surface area contributed by atoms with E-state index >= 15 is 0 Å². The standard InChI is InChI=1S/C29H30Cl2FN3O3/c1-3-4-10-25-28(2,27(37)38)35(22-8-6-5-7-9-22)34-29(25,20-12-14-21(32)15-13-20)26(36)33-18-19-11-16-23(30)24(31)17-19/h5-9,11-17,25,34H,3-4,10,18H2,1-2H3,(H,33,36)(H,37,38). The molecule has 0 saturated carbocycles. The fraction of sp³-hybridized carbons (Fsp3) is 0.310. The highest BCUT2D eigenvalue weighted by Crippen LogP contribution is 2.50. The van der Waals surface area contributed by atoms with E-state index in [0.717, 1.165) is 12.0 Å². The maximum atomic E-state index is 14.3. The van der Waals surface area contributed by atoms with Gasteiger partial charge in [0.1, 0.15) is 11.4 Å². The van der Waals surface area contributed by atoms with Crippen molar-refractivity contribution in [3.05, 3.63) is 99.8 Å². The lowest BCUT2D eigenvalue weighted by atomic mass is 9.68. The zero-order valence-corrected chi connectivity index (χ0v) is 22.7. The molecule has 1 aliphatic heterocycles. The molecule has 3 N–H and O–H groups in total. The molecular weight excluding hydrogens is 528 g/mol. The Hall–Kier alpha value is -3.13. The number of carbonyl (C=O) groups is 2. The van der Waals surface area contributed by atoms with E-state index in [2.05, 4.69) is 10.7 Å². The minimum absolute atomic E-state index is 0.135. The summed E-state index contributed by atoms with van der Waals surface area (Å²) in [5.74, 6) is -2.67. The van der Waals surface area contributed by atoms with E-state index in [1.165, 1.54) is 24.3 Å². The minimum Gasteiger partial charge on any atom is -0.479 e. The number of halogens is 3. The molecule has 3 aromatic rings. The molecular formula is C29H30Cl2FN3O3. The van der Waals surface area contributed by atoms with E-state index < -0.39 is 34.7 Å². The summed E-state index contributed by atoms with van der Waals surface area (Å²) in [6.07, 6.45) is 1.94. The first kappa shape index (κ1) is 27.9. The summed E-state index contributed by atoms with van der Waals surface area (Å²) in [4.78, 5) is 27.3. The Morgan fingerprint density at radius 2 is 1.74 bits per heavy atom. The summed E-state index contributed by atoms with van der Waals surface area (Å²) in [7, 11) is 0. The fourth-order valence-electron chi connectivity index (χ4n) is 5.30. The van der Waals surface area contributed by atoms with Crippen LogP contribution in [0.15, 0.2) is 72.8 Å². The van der Waals surface area contributed by atoms with Crippen LogP contribution in [0, 0.1) is 11.7 Å². The Balaban J connectivity index is 1.86. The van der Waals surface area contributed by atoms with E-state index in [4.69, 9.17) is 23.2 Å². The molecule has 1 amide bonds. The summed E-state index contributed by atoms with van der Waals surface area (Å²) < 4.78 is 14.0. The van der Waals surface area contributed by atoms with Crippen LogP contribution < -0.4 is 15.8 Å². The minimum atomic E-state index is -1.51. The monoisotopic (exact) mass is 557 g/mol. The molecule has 6 nitrogen and oxygen atoms in total. The number of amides is 1. The van der Waals surface area contributed by atoms with Crippen LogP contribution in [-0.2, 0) is 21.7 Å². The molecule has 0 spiro atoms. The van der Waals surface area contributed by atoms with Gasteiger partial charge in [-0.15, -0.1) is 0 Å². The number of carboxylic acids is 1. The van der Waals surface area contributed by atoms with E-state index in [1.807, 2.05) is 25.1 Å². The number of para-hydroxylation sites is 1. The highest BCUT2D eigenvalue weighted by Gasteiger charge is 2.66. The van der Waals surface area contributed by atoms with Gasteiger partial charge >= 0.3 is 5.97 Å². The van der Waals surface area contributed by atoms with Crippen molar-refractivity contribution in [2.45, 2.75) is 50.7 Å². The number of carboxylic acid groups (broad SMARTS) is 1. The third-order valence-electron chi connectivity index (χ3n) is 7.34. The average Bonchev–Trinajstić information content (AvgIpc) is 3.19. The lowest BCUT2D eigenvalue weighted by molar-refractivity contribution is -0.145. The van der Waals surface area contributed by atoms with E-state index in [1.54, 1.807) is 42.3 Å². The molecule has 200 valence electrons. The quantitative estimate of drug-likeness (QED) is 0.287. The lowest BCUT2D eigenvalue weighted by Crippen LogP contribution is -2.56. The molecule has 3 aromatic carbocycles. The lowest BCUT2D eigenvalue weighted by Gasteiger charge is -2.37. The smallest absolute Gasteiger partial charge is 0.331 e. The number of benzene rings is 3. The molecule has 1 heterocycles. The predicted molar refractivity (Wildman–Crippen MR) is 147 cm³/mol. The Morgan fingerprint density at radius 1 is 1.05 bits per heavy atom. The van der Waals surface area contributed by atoms with Crippen molar-refractivity contribution in [1.29, 1.82) is 0 Å². The predicted octanol–water partition coefficient (Wildman–Crippen LogP) is 6.32. The Labute approximate surface area is 231 Å². The molecule has 38 heavy (non-hydrogen) atoms. The third-order valence-corrected chi connectivity index (χ3v) is 8.08. The van der Waals surface area contributed by atoms with Gasteiger partial charge in [-0.2, -0.15) is 0 Å². The molecule has 4 rings (SSSR count). The zero-order chi connectivity index (χ0) is 27.5. The largest absolute Gasteiger partial charge is 0.479 e. The topological polar surface area (TPSA) is 81.7 Å². The number of carbonyl (C=O) groups excluding carboxylic acids is 1. The van der Waals surface area contributed by atoms with Crippen LogP contribution in [0.4, 0.5) is 10.1 Å². The van der Waals surface area contributed by atoms with Gasteiger partial charge in [0.2, 0.25) is 5.91 Å². The van der Waals surface area contributed by atoms with Gasteiger partial charge in [0, 0.05) is 12.5 Å². The Bertz CT molecular complexity index is 1310. The van der Waals surface area contributed by atoms with Gasteiger partial charge in [-0.1, -0.05) is 79.4 Å². The van der Waals surface area contributed by atoms with Gasteiger partial charge in [-0.05, 0) is 60.9 Å². The average molecular weight is 558 g/mol. The second kappa shape index (κ2) is 11.3. The summed E-state index contributed by atoms with van der Waals surface area (Å²) >= 11 is 12.2. The normalized spacial score (nSPS) is 22.9. The maximum absolute atomic E-state index is 14.3. The van der Waals surface area contributed by atoms with Gasteiger partial charge < -0.3 is 10.4 Å². The molecule has 9 heteroatoms. The van der Waals surface area contributed by atoms with Crippen LogP contribution in [-0.4, -0.2) is 22.5 Å². The van der Waals surface area contributed by atoms with Crippen molar-refractivity contribution in [3.8, 4) is 0 Å². The highest BCUT2D eigenvalue weighted by molar-refractivity contribution is 6.42. The molecule has 0 bridgehead atoms. The number of nitrogens with zero attached hydrogens (tertiary/aromatic N) is 1. The number of unbranched alkanes of at least 4 members (excludes halogenated alkanes) is 1. The van der Waals surface area contributed by atoms with Crippen LogP contribution in [0.3, 0.4) is 0 Å². The molecule has 1 saturated heterocycles. The fourth-order valence-corrected chi connectivity index (χ4v) is 5.62. The SMILES string of the molecule is CCCCC1C(C(=O)NCc2ccc(Cl)c(Cl)c2)(c2ccc(F)cc2)NN(c2ccccc2)C1(C)C(=O)O. The van der Waals surface area contributed by atoms with Crippen molar-refractivity contribution in [2.75, 3.05) is 5.01 Å². The van der Waals surface area contributed by atoms with Gasteiger partial charge in [0.15, 0.2) is 5.54 Å². The van der Waals surface area contributed by atoms with Crippen molar-refractivity contribution in [1.82, 2.24) is 10.7 Å². The number of aliphatic carboxylic acids is 1. The number of hydrogen-bond donors (Lipinski definition) is 3. The number of rotatable bonds is 9. The van der Waals surface area contributed by atoms with Crippen molar-refractivity contribution >= 4 is 40.8 Å². The molecule has 3 atom stereocenters.